The molecule has 0 unspecified atom stereocenters. The van der Waals surface area contributed by atoms with Gasteiger partial charge in [0.2, 0.25) is 11.6 Å². The number of hydrogen-bond acceptors (Lipinski definition) is 4. The number of hydrogen-bond donors (Lipinski definition) is 2. The van der Waals surface area contributed by atoms with Crippen LogP contribution in [0.2, 0.25) is 0 Å². The van der Waals surface area contributed by atoms with Crippen LogP contribution < -0.4 is 10.9 Å². The lowest BCUT2D eigenvalue weighted by Crippen LogP contribution is -2.26. The van der Waals surface area contributed by atoms with Crippen molar-refractivity contribution in [1.29, 1.82) is 0 Å². The molecule has 20 heavy (non-hydrogen) atoms. The second-order valence-electron chi connectivity index (χ2n) is 4.47. The Kier molecular flexibility index (Phi) is 2.64. The highest BCUT2D eigenvalue weighted by Crippen LogP contribution is 2.19. The zero-order valence-electron chi connectivity index (χ0n) is 10.6. The highest BCUT2D eigenvalue weighted by Gasteiger charge is 2.31. The number of nitrogens with zero attached hydrogens (tertiary/aromatic N) is 1. The van der Waals surface area contributed by atoms with E-state index in [9.17, 15) is 14.4 Å². The fourth-order valence-corrected chi connectivity index (χ4v) is 2.11. The number of carbonyl (C=O) groups is 2. The Bertz CT molecular complexity index is 797. The first kappa shape index (κ1) is 12.2. The maximum absolute atomic E-state index is 12.3. The van der Waals surface area contributed by atoms with E-state index in [0.717, 1.165) is 4.68 Å². The maximum atomic E-state index is 12.3. The Morgan fingerprint density at radius 1 is 1.10 bits per heavy atom. The van der Waals surface area contributed by atoms with Crippen molar-refractivity contribution in [3.05, 3.63) is 63.7 Å². The molecule has 2 aromatic rings. The van der Waals surface area contributed by atoms with Crippen molar-refractivity contribution in [2.45, 2.75) is 0 Å². The van der Waals surface area contributed by atoms with E-state index in [1.165, 1.54) is 13.1 Å². The van der Waals surface area contributed by atoms with E-state index in [-0.39, 0.29) is 17.0 Å². The molecule has 6 heteroatoms. The lowest BCUT2D eigenvalue weighted by Gasteiger charge is -2.12. The lowest BCUT2D eigenvalue weighted by molar-refractivity contribution is 0.0983. The van der Waals surface area contributed by atoms with E-state index in [2.05, 4.69) is 10.4 Å². The summed E-state index contributed by atoms with van der Waals surface area (Å²) in [5, 5.41) is 5.46. The molecule has 0 amide bonds. The van der Waals surface area contributed by atoms with Crippen molar-refractivity contribution in [1.82, 2.24) is 9.78 Å². The molecule has 0 aliphatic heterocycles. The first-order chi connectivity index (χ1) is 9.58. The third-order valence-electron chi connectivity index (χ3n) is 3.09. The quantitative estimate of drug-likeness (QED) is 0.854. The second-order valence-corrected chi connectivity index (χ2v) is 4.47. The molecule has 0 radical (unpaired) electrons. The number of fused-ring (bicyclic) bond motifs is 1. The van der Waals surface area contributed by atoms with Crippen molar-refractivity contribution in [3.8, 4) is 0 Å². The number of rotatable bonds is 2. The summed E-state index contributed by atoms with van der Waals surface area (Å²) in [5.74, 6) is -0.874. The van der Waals surface area contributed by atoms with Gasteiger partial charge in [0.1, 0.15) is 11.3 Å². The number of benzene rings is 1. The molecule has 0 saturated carbocycles. The number of nitrogens with one attached hydrogen (secondary N) is 2. The van der Waals surface area contributed by atoms with Gasteiger partial charge in [-0.3, -0.25) is 24.2 Å². The average molecular weight is 269 g/mol. The molecule has 1 aromatic heterocycles. The molecule has 1 aliphatic carbocycles. The number of aryl methyl sites for hydroxylation is 1. The molecule has 0 atom stereocenters. The van der Waals surface area contributed by atoms with Gasteiger partial charge in [-0.15, -0.1) is 0 Å². The highest BCUT2D eigenvalue weighted by atomic mass is 16.2. The number of aromatic nitrogens is 2. The fraction of sp³-hybridized carbons (Fsp3) is 0.0714. The van der Waals surface area contributed by atoms with E-state index in [1.807, 2.05) is 6.07 Å². The molecular weight excluding hydrogens is 258 g/mol. The summed E-state index contributed by atoms with van der Waals surface area (Å²) in [6.45, 7) is 0. The van der Waals surface area contributed by atoms with Crippen molar-refractivity contribution < 1.29 is 9.59 Å². The number of anilines is 1. The number of carbonyl (C=O) groups excluding carboxylic acids is 2. The topological polar surface area (TPSA) is 84.0 Å². The third kappa shape index (κ3) is 1.78. The van der Waals surface area contributed by atoms with Gasteiger partial charge in [-0.25, -0.2) is 0 Å². The van der Waals surface area contributed by atoms with Gasteiger partial charge in [-0.2, -0.15) is 0 Å². The summed E-state index contributed by atoms with van der Waals surface area (Å²) in [5.41, 5.74) is 0.208. The van der Waals surface area contributed by atoms with Gasteiger partial charge in [-0.1, -0.05) is 18.2 Å². The molecule has 0 spiro atoms. The van der Waals surface area contributed by atoms with Gasteiger partial charge in [0.05, 0.1) is 5.70 Å². The van der Waals surface area contributed by atoms with Crippen molar-refractivity contribution in [2.75, 3.05) is 5.32 Å². The van der Waals surface area contributed by atoms with Crippen molar-refractivity contribution in [3.63, 3.8) is 0 Å². The van der Waals surface area contributed by atoms with Gasteiger partial charge >= 0.3 is 0 Å². The molecule has 2 N–H and O–H groups in total. The van der Waals surface area contributed by atoms with E-state index >= 15 is 0 Å². The van der Waals surface area contributed by atoms with E-state index in [1.54, 1.807) is 24.3 Å². The molecule has 0 bridgehead atoms. The summed E-state index contributed by atoms with van der Waals surface area (Å²) in [4.78, 5) is 36.1. The van der Waals surface area contributed by atoms with Crippen molar-refractivity contribution >= 4 is 17.3 Å². The Labute approximate surface area is 113 Å². The number of allylic oxidation sites excluding steroid dienone is 2. The zero-order chi connectivity index (χ0) is 14.3. The molecule has 1 heterocycles. The summed E-state index contributed by atoms with van der Waals surface area (Å²) >= 11 is 0. The minimum atomic E-state index is -0.501. The number of para-hydroxylation sites is 1. The zero-order valence-corrected chi connectivity index (χ0v) is 10.6. The van der Waals surface area contributed by atoms with Crippen LogP contribution in [0.15, 0.2) is 46.9 Å². The minimum absolute atomic E-state index is 0.0427. The first-order valence-corrected chi connectivity index (χ1v) is 5.99. The Morgan fingerprint density at radius 2 is 1.80 bits per heavy atom. The van der Waals surface area contributed by atoms with Crippen LogP contribution in [0.3, 0.4) is 0 Å². The van der Waals surface area contributed by atoms with Crippen LogP contribution in [-0.2, 0) is 7.05 Å². The van der Waals surface area contributed by atoms with Crippen LogP contribution in [-0.4, -0.2) is 21.3 Å². The lowest BCUT2D eigenvalue weighted by atomic mass is 9.99. The summed E-state index contributed by atoms with van der Waals surface area (Å²) in [7, 11) is 1.46. The highest BCUT2D eigenvalue weighted by molar-refractivity contribution is 6.24. The SMILES string of the molecule is Cn1[nH]c2c(c1=O)C(=O)C(Nc1ccccc1)=CC2=O. The normalized spacial score (nSPS) is 13.9. The molecule has 0 saturated heterocycles. The summed E-state index contributed by atoms with van der Waals surface area (Å²) in [6, 6.07) is 8.98. The maximum Gasteiger partial charge on any atom is 0.278 e. The molecule has 0 fully saturated rings. The largest absolute Gasteiger partial charge is 0.352 e. The monoisotopic (exact) mass is 269 g/mol. The number of Topliss-reactive ketones (excluding diaryl/α,β-unsaturated/α-hetero) is 1. The molecule has 1 aliphatic rings. The van der Waals surface area contributed by atoms with E-state index in [4.69, 9.17) is 0 Å². The van der Waals surface area contributed by atoms with Gasteiger partial charge in [0.25, 0.3) is 5.56 Å². The van der Waals surface area contributed by atoms with Crippen LogP contribution in [0.4, 0.5) is 5.69 Å². The van der Waals surface area contributed by atoms with Crippen LogP contribution in [0, 0.1) is 0 Å². The number of aromatic amines is 1. The Morgan fingerprint density at radius 3 is 2.50 bits per heavy atom. The minimum Gasteiger partial charge on any atom is -0.352 e. The van der Waals surface area contributed by atoms with Crippen LogP contribution in [0.5, 0.6) is 0 Å². The Balaban J connectivity index is 2.03. The third-order valence-corrected chi connectivity index (χ3v) is 3.09. The molecule has 6 nitrogen and oxygen atoms in total. The Hall–Kier alpha value is -2.89. The van der Waals surface area contributed by atoms with Crippen LogP contribution >= 0.6 is 0 Å². The fourth-order valence-electron chi connectivity index (χ4n) is 2.11. The van der Waals surface area contributed by atoms with Gasteiger partial charge in [0, 0.05) is 18.8 Å². The summed E-state index contributed by atoms with van der Waals surface area (Å²) in [6.07, 6.45) is 1.20. The molecule has 1 aromatic carbocycles. The second kappa shape index (κ2) is 4.34. The van der Waals surface area contributed by atoms with Gasteiger partial charge < -0.3 is 5.32 Å². The first-order valence-electron chi connectivity index (χ1n) is 5.99. The smallest absolute Gasteiger partial charge is 0.278 e. The van der Waals surface area contributed by atoms with Gasteiger partial charge in [-0.05, 0) is 12.1 Å². The van der Waals surface area contributed by atoms with Crippen LogP contribution in [0.25, 0.3) is 0 Å². The van der Waals surface area contributed by atoms with E-state index in [0.29, 0.717) is 5.69 Å². The predicted octanol–water partition coefficient (Wildman–Crippen LogP) is 1.09. The van der Waals surface area contributed by atoms with E-state index < -0.39 is 17.1 Å². The van der Waals surface area contributed by atoms with Crippen LogP contribution in [0.1, 0.15) is 20.8 Å². The average Bonchev–Trinajstić information content (AvgIpc) is 2.74. The number of H-pyrrole nitrogens is 1. The predicted molar refractivity (Wildman–Crippen MR) is 72.8 cm³/mol. The number of ketones is 2. The standard InChI is InChI=1S/C14H11N3O3/c1-17-14(20)11-12(16-17)10(18)7-9(13(11)19)15-8-5-3-2-4-6-8/h2-7,15-16H,1H3. The van der Waals surface area contributed by atoms with Gasteiger partial charge in [0.15, 0.2) is 0 Å². The molecule has 3 rings (SSSR count). The van der Waals surface area contributed by atoms with Crippen molar-refractivity contribution in [2.24, 2.45) is 7.05 Å². The summed E-state index contributed by atoms with van der Waals surface area (Å²) < 4.78 is 1.12. The molecular formula is C14H11N3O3. The molecule has 100 valence electrons.